The van der Waals surface area contributed by atoms with Crippen molar-refractivity contribution in [2.24, 2.45) is 9.98 Å². The Hall–Kier alpha value is -2.41. The maximum absolute atomic E-state index is 5.70. The Kier molecular flexibility index (Phi) is 12.4. The van der Waals surface area contributed by atoms with E-state index in [1.807, 2.05) is 13.0 Å². The second-order valence-corrected chi connectivity index (χ2v) is 7.86. The molecule has 1 aliphatic heterocycles. The number of aromatic amines is 1. The van der Waals surface area contributed by atoms with Gasteiger partial charge in [-0.05, 0) is 44.2 Å². The number of aliphatic imine (C=N–C) groups is 2. The van der Waals surface area contributed by atoms with Crippen LogP contribution in [0, 0.1) is 0 Å². The lowest BCUT2D eigenvalue weighted by atomic mass is 9.90. The van der Waals surface area contributed by atoms with Gasteiger partial charge >= 0.3 is 0 Å². The molecule has 0 spiro atoms. The Morgan fingerprint density at radius 2 is 2.16 bits per heavy atom. The molecule has 1 atom stereocenters. The maximum Gasteiger partial charge on any atom is 0.124 e. The number of ether oxygens (including phenoxy) is 1. The molecular formula is C25H36ClN5O. The summed E-state index contributed by atoms with van der Waals surface area (Å²) in [7, 11) is 0. The van der Waals surface area contributed by atoms with Gasteiger partial charge in [-0.3, -0.25) is 15.3 Å². The van der Waals surface area contributed by atoms with Crippen molar-refractivity contribution in [1.29, 1.82) is 0 Å². The molecule has 1 aliphatic rings. The molecule has 6 nitrogen and oxygen atoms in total. The number of nitrogens with zero attached hydrogens (tertiary/aromatic N) is 3. The summed E-state index contributed by atoms with van der Waals surface area (Å²) < 4.78 is 5.30. The van der Waals surface area contributed by atoms with E-state index in [1.165, 1.54) is 18.4 Å². The molecule has 174 valence electrons. The number of likely N-dealkylation sites (tertiary alicyclic amines) is 1. The zero-order valence-electron chi connectivity index (χ0n) is 19.1. The molecule has 0 radical (unpaired) electrons. The topological polar surface area (TPSA) is 65.0 Å². The van der Waals surface area contributed by atoms with Crippen LogP contribution in [0.3, 0.4) is 0 Å². The Bertz CT molecular complexity index is 821. The van der Waals surface area contributed by atoms with Crippen LogP contribution in [0.5, 0.6) is 0 Å². The molecule has 2 heterocycles. The fourth-order valence-electron chi connectivity index (χ4n) is 3.60. The van der Waals surface area contributed by atoms with E-state index in [9.17, 15) is 0 Å². The molecule has 2 N–H and O–H groups in total. The number of rotatable bonds is 10. The van der Waals surface area contributed by atoms with Crippen molar-refractivity contribution < 1.29 is 4.74 Å². The Labute approximate surface area is 197 Å². The maximum atomic E-state index is 5.70. The number of hydrogen-bond acceptors (Lipinski definition) is 4. The zero-order valence-corrected chi connectivity index (χ0v) is 19.9. The van der Waals surface area contributed by atoms with Gasteiger partial charge in [-0.15, -0.1) is 0 Å². The van der Waals surface area contributed by atoms with E-state index in [-0.39, 0.29) is 0 Å². The fourth-order valence-corrected chi connectivity index (χ4v) is 3.78. The van der Waals surface area contributed by atoms with Crippen molar-refractivity contribution in [3.63, 3.8) is 0 Å². The third-order valence-electron chi connectivity index (χ3n) is 5.22. The highest BCUT2D eigenvalue weighted by Crippen LogP contribution is 2.26. The van der Waals surface area contributed by atoms with Crippen LogP contribution in [-0.4, -0.2) is 62.0 Å². The van der Waals surface area contributed by atoms with Crippen LogP contribution in [-0.2, 0) is 11.3 Å². The molecule has 1 aromatic heterocycles. The Morgan fingerprint density at radius 3 is 2.81 bits per heavy atom. The van der Waals surface area contributed by atoms with E-state index in [2.05, 4.69) is 68.8 Å². The summed E-state index contributed by atoms with van der Waals surface area (Å²) in [5.74, 6) is 1.58. The van der Waals surface area contributed by atoms with Gasteiger partial charge in [-0.2, -0.15) is 0 Å². The lowest BCUT2D eigenvalue weighted by Crippen LogP contribution is -2.38. The number of halogens is 1. The van der Waals surface area contributed by atoms with Gasteiger partial charge in [0.05, 0.1) is 30.5 Å². The van der Waals surface area contributed by atoms with E-state index in [0.717, 1.165) is 49.4 Å². The predicted octanol–water partition coefficient (Wildman–Crippen LogP) is 4.90. The van der Waals surface area contributed by atoms with Crippen molar-refractivity contribution in [3.05, 3.63) is 71.5 Å². The van der Waals surface area contributed by atoms with E-state index in [1.54, 1.807) is 12.3 Å². The summed E-state index contributed by atoms with van der Waals surface area (Å²) in [5, 5.41) is 4.00. The second-order valence-electron chi connectivity index (χ2n) is 7.46. The van der Waals surface area contributed by atoms with E-state index < -0.39 is 0 Å². The van der Waals surface area contributed by atoms with Gasteiger partial charge in [0.25, 0.3) is 0 Å². The van der Waals surface area contributed by atoms with Crippen LogP contribution in [0.25, 0.3) is 0 Å². The smallest absolute Gasteiger partial charge is 0.124 e. The summed E-state index contributed by atoms with van der Waals surface area (Å²) in [4.78, 5) is 13.6. The van der Waals surface area contributed by atoms with E-state index in [4.69, 9.17) is 16.3 Å². The first-order chi connectivity index (χ1) is 15.7. The predicted molar refractivity (Wildman–Crippen MR) is 136 cm³/mol. The van der Waals surface area contributed by atoms with Crippen molar-refractivity contribution in [2.45, 2.75) is 32.2 Å². The summed E-state index contributed by atoms with van der Waals surface area (Å²) in [5.41, 5.74) is 2.35. The highest BCUT2D eigenvalue weighted by Gasteiger charge is 2.22. The van der Waals surface area contributed by atoms with E-state index in [0.29, 0.717) is 19.1 Å². The molecule has 2 aromatic rings. The van der Waals surface area contributed by atoms with Crippen molar-refractivity contribution >= 4 is 24.2 Å². The molecule has 7 heteroatoms. The highest BCUT2D eigenvalue weighted by atomic mass is 35.5. The first-order valence-electron chi connectivity index (χ1n) is 11.2. The first kappa shape index (κ1) is 25.8. The molecule has 3 rings (SSSR count). The van der Waals surface area contributed by atoms with Crippen molar-refractivity contribution in [3.8, 4) is 0 Å². The highest BCUT2D eigenvalue weighted by molar-refractivity contribution is 6.31. The molecule has 1 unspecified atom stereocenters. The Morgan fingerprint density at radius 1 is 1.34 bits per heavy atom. The number of nitrogens with one attached hydrogen (secondary N) is 2. The van der Waals surface area contributed by atoms with Crippen molar-refractivity contribution in [2.75, 3.05) is 39.5 Å². The van der Waals surface area contributed by atoms with Crippen LogP contribution in [0.1, 0.15) is 36.9 Å². The number of benzene rings is 1. The molecule has 1 saturated heterocycles. The van der Waals surface area contributed by atoms with Gasteiger partial charge in [0.1, 0.15) is 5.84 Å². The Balaban J connectivity index is 0.000000336. The summed E-state index contributed by atoms with van der Waals surface area (Å²) in [6, 6.07) is 12.6. The van der Waals surface area contributed by atoms with Crippen LogP contribution in [0.2, 0.25) is 5.02 Å². The van der Waals surface area contributed by atoms with E-state index >= 15 is 0 Å². The zero-order chi connectivity index (χ0) is 23.0. The molecule has 0 amide bonds. The van der Waals surface area contributed by atoms with Gasteiger partial charge < -0.3 is 14.6 Å². The second kappa shape index (κ2) is 15.4. The lowest BCUT2D eigenvalue weighted by molar-refractivity contribution is 0.149. The molecular weight excluding hydrogens is 422 g/mol. The fraction of sp³-hybridized carbons (Fsp3) is 0.440. The summed E-state index contributed by atoms with van der Waals surface area (Å²) in [6.07, 6.45) is 6.10. The van der Waals surface area contributed by atoms with Crippen LogP contribution in [0.15, 0.2) is 65.2 Å². The molecule has 1 fully saturated rings. The minimum atomic E-state index is 0.561. The molecule has 32 heavy (non-hydrogen) atoms. The lowest BCUT2D eigenvalue weighted by Gasteiger charge is -2.34. The van der Waals surface area contributed by atoms with Gasteiger partial charge in [0, 0.05) is 38.4 Å². The molecule has 0 bridgehead atoms. The SMILES string of the molecule is C=C/C(=N\CNCCOCC)N1CCCC(c2ccccc2)C1.C=NCc1[nH]ccc1Cl. The average Bonchev–Trinajstić information content (AvgIpc) is 3.24. The first-order valence-corrected chi connectivity index (χ1v) is 11.6. The number of hydrogen-bond donors (Lipinski definition) is 2. The summed E-state index contributed by atoms with van der Waals surface area (Å²) >= 11 is 5.70. The van der Waals surface area contributed by atoms with Gasteiger partial charge in [0.2, 0.25) is 0 Å². The van der Waals surface area contributed by atoms with Crippen LogP contribution in [0.4, 0.5) is 0 Å². The largest absolute Gasteiger partial charge is 0.380 e. The molecule has 0 aliphatic carbocycles. The van der Waals surface area contributed by atoms with Crippen molar-refractivity contribution in [1.82, 2.24) is 15.2 Å². The summed E-state index contributed by atoms with van der Waals surface area (Å²) in [6.45, 7) is 14.9. The quantitative estimate of drug-likeness (QED) is 0.303. The normalized spacial score (nSPS) is 16.2. The monoisotopic (exact) mass is 457 g/mol. The number of amidine groups is 1. The molecule has 0 saturated carbocycles. The average molecular weight is 458 g/mol. The van der Waals surface area contributed by atoms with Crippen LogP contribution < -0.4 is 5.32 Å². The number of H-pyrrole nitrogens is 1. The van der Waals surface area contributed by atoms with Gasteiger partial charge in [-0.1, -0.05) is 48.5 Å². The number of aromatic nitrogens is 1. The third kappa shape index (κ3) is 8.99. The standard InChI is InChI=1S/C19H29N3O.C6H7ClN2/c1-3-19(21-16-20-12-14-23-4-2)22-13-8-11-18(15-22)17-9-6-5-7-10-17;1-8-4-6-5(7)2-3-9-6/h3,5-7,9-10,18,20H,1,4,8,11-16H2,2H3;2-3,9H,1,4H2/b21-19+;. The van der Waals surface area contributed by atoms with Gasteiger partial charge in [-0.25, -0.2) is 0 Å². The molecule has 1 aromatic carbocycles. The van der Waals surface area contributed by atoms with Crippen LogP contribution >= 0.6 is 11.6 Å². The minimum absolute atomic E-state index is 0.561. The minimum Gasteiger partial charge on any atom is -0.380 e. The van der Waals surface area contributed by atoms with Gasteiger partial charge in [0.15, 0.2) is 0 Å². The number of piperidine rings is 1. The third-order valence-corrected chi connectivity index (χ3v) is 5.58.